The maximum atomic E-state index is 11.8. The lowest BCUT2D eigenvalue weighted by atomic mass is 10.1. The summed E-state index contributed by atoms with van der Waals surface area (Å²) in [6.45, 7) is 3.48. The molecule has 0 atom stereocenters. The van der Waals surface area contributed by atoms with Crippen LogP contribution in [0.1, 0.15) is 16.7 Å². The minimum absolute atomic E-state index is 0.233. The van der Waals surface area contributed by atoms with Crippen LogP contribution in [0.2, 0.25) is 5.02 Å². The number of hydrogen-bond acceptors (Lipinski definition) is 4. The molecule has 2 amide bonds. The Morgan fingerprint density at radius 3 is 2.26 bits per heavy atom. The summed E-state index contributed by atoms with van der Waals surface area (Å²) in [5.41, 5.74) is 7.14. The molecule has 0 radical (unpaired) electrons. The molecule has 2 aromatic carbocycles. The van der Waals surface area contributed by atoms with Gasteiger partial charge < -0.3 is 9.47 Å². The predicted octanol–water partition coefficient (Wildman–Crippen LogP) is 3.21. The van der Waals surface area contributed by atoms with Crippen LogP contribution in [0.4, 0.5) is 0 Å². The number of ether oxygens (including phenoxy) is 2. The van der Waals surface area contributed by atoms with Gasteiger partial charge in [-0.1, -0.05) is 23.7 Å². The largest absolute Gasteiger partial charge is 0.497 e. The fraction of sp³-hybridized carbons (Fsp3) is 0.200. The fourth-order valence-electron chi connectivity index (χ4n) is 2.23. The van der Waals surface area contributed by atoms with Gasteiger partial charge in [0.15, 0.2) is 6.61 Å². The van der Waals surface area contributed by atoms with E-state index in [1.54, 1.807) is 37.5 Å². The molecule has 0 spiro atoms. The third-order valence-electron chi connectivity index (χ3n) is 3.65. The number of benzene rings is 2. The van der Waals surface area contributed by atoms with E-state index in [0.717, 1.165) is 22.4 Å². The van der Waals surface area contributed by atoms with Gasteiger partial charge in [0.2, 0.25) is 0 Å². The van der Waals surface area contributed by atoms with Crippen molar-refractivity contribution in [2.75, 3.05) is 13.7 Å². The van der Waals surface area contributed by atoms with Gasteiger partial charge in [-0.05, 0) is 60.9 Å². The Hall–Kier alpha value is -2.99. The first-order valence-electron chi connectivity index (χ1n) is 8.19. The number of hydrogen-bond donors (Lipinski definition) is 2. The Labute approximate surface area is 163 Å². The second kappa shape index (κ2) is 9.64. The van der Waals surface area contributed by atoms with Gasteiger partial charge in [0.1, 0.15) is 11.5 Å². The molecule has 0 aliphatic rings. The highest BCUT2D eigenvalue weighted by Crippen LogP contribution is 2.25. The van der Waals surface area contributed by atoms with Crippen molar-refractivity contribution in [3.05, 3.63) is 64.2 Å². The molecular weight excluding hydrogens is 368 g/mol. The summed E-state index contributed by atoms with van der Waals surface area (Å²) in [5.74, 6) is 0.328. The molecule has 0 bridgehead atoms. The maximum Gasteiger partial charge on any atom is 0.276 e. The van der Waals surface area contributed by atoms with Crippen molar-refractivity contribution in [3.8, 4) is 11.5 Å². The molecule has 0 aromatic heterocycles. The van der Waals surface area contributed by atoms with Crippen molar-refractivity contribution in [1.82, 2.24) is 10.9 Å². The van der Waals surface area contributed by atoms with Crippen molar-refractivity contribution in [1.29, 1.82) is 0 Å². The fourth-order valence-corrected chi connectivity index (χ4v) is 2.34. The van der Waals surface area contributed by atoms with Gasteiger partial charge in [0.05, 0.1) is 7.11 Å². The van der Waals surface area contributed by atoms with E-state index in [9.17, 15) is 9.59 Å². The van der Waals surface area contributed by atoms with Crippen LogP contribution in [-0.4, -0.2) is 25.5 Å². The number of methoxy groups -OCH3 is 1. The Balaban J connectivity index is 1.77. The zero-order chi connectivity index (χ0) is 19.8. The average Bonchev–Trinajstić information content (AvgIpc) is 2.67. The van der Waals surface area contributed by atoms with E-state index in [2.05, 4.69) is 10.9 Å². The van der Waals surface area contributed by atoms with Gasteiger partial charge in [-0.2, -0.15) is 0 Å². The monoisotopic (exact) mass is 388 g/mol. The van der Waals surface area contributed by atoms with Crippen molar-refractivity contribution in [2.45, 2.75) is 13.8 Å². The van der Waals surface area contributed by atoms with Crippen LogP contribution >= 0.6 is 11.6 Å². The first kappa shape index (κ1) is 20.3. The number of carbonyl (C=O) groups is 2. The normalized spacial score (nSPS) is 10.5. The van der Waals surface area contributed by atoms with E-state index in [1.165, 1.54) is 6.08 Å². The molecule has 2 rings (SSSR count). The molecule has 6 nitrogen and oxygen atoms in total. The number of carbonyl (C=O) groups excluding carboxylic acids is 2. The lowest BCUT2D eigenvalue weighted by Gasteiger charge is -2.10. The topological polar surface area (TPSA) is 76.7 Å². The number of amides is 2. The van der Waals surface area contributed by atoms with Gasteiger partial charge >= 0.3 is 0 Å². The van der Waals surface area contributed by atoms with Gasteiger partial charge in [0, 0.05) is 11.1 Å². The molecule has 0 aliphatic heterocycles. The number of rotatable bonds is 6. The van der Waals surface area contributed by atoms with Gasteiger partial charge in [-0.15, -0.1) is 0 Å². The number of hydrazine groups is 1. The molecule has 2 N–H and O–H groups in total. The average molecular weight is 389 g/mol. The van der Waals surface area contributed by atoms with E-state index in [1.807, 2.05) is 26.0 Å². The standard InChI is InChI=1S/C20H21ClN2O4/c1-13-10-17(11-14(2)20(13)21)27-12-19(25)23-22-18(24)9-6-15-4-7-16(26-3)8-5-15/h4-11H,12H2,1-3H3,(H,22,24)(H,23,25). The highest BCUT2D eigenvalue weighted by molar-refractivity contribution is 6.32. The Bertz CT molecular complexity index is 825. The van der Waals surface area contributed by atoms with Crippen LogP contribution < -0.4 is 20.3 Å². The summed E-state index contributed by atoms with van der Waals surface area (Å²) in [6.07, 6.45) is 2.94. The third-order valence-corrected chi connectivity index (χ3v) is 4.24. The molecule has 0 fully saturated rings. The summed E-state index contributed by atoms with van der Waals surface area (Å²) in [4.78, 5) is 23.5. The molecule has 0 saturated carbocycles. The molecule has 142 valence electrons. The van der Waals surface area contributed by atoms with Crippen molar-refractivity contribution in [2.24, 2.45) is 0 Å². The van der Waals surface area contributed by atoms with Crippen molar-refractivity contribution < 1.29 is 19.1 Å². The van der Waals surface area contributed by atoms with Crippen LogP contribution in [0.25, 0.3) is 6.08 Å². The Kier molecular flexibility index (Phi) is 7.25. The molecule has 0 aliphatic carbocycles. The van der Waals surface area contributed by atoms with Crippen LogP contribution in [0.3, 0.4) is 0 Å². The molecule has 0 heterocycles. The van der Waals surface area contributed by atoms with Gasteiger partial charge in [-0.25, -0.2) is 0 Å². The highest BCUT2D eigenvalue weighted by Gasteiger charge is 2.07. The quantitative estimate of drug-likeness (QED) is 0.588. The van der Waals surface area contributed by atoms with E-state index >= 15 is 0 Å². The SMILES string of the molecule is COc1ccc(C=CC(=O)NNC(=O)COc2cc(C)c(Cl)c(C)c2)cc1. The first-order chi connectivity index (χ1) is 12.9. The van der Waals surface area contributed by atoms with Crippen LogP contribution in [-0.2, 0) is 9.59 Å². The molecule has 0 unspecified atom stereocenters. The molecule has 7 heteroatoms. The summed E-state index contributed by atoms with van der Waals surface area (Å²) in [7, 11) is 1.58. The third kappa shape index (κ3) is 6.34. The van der Waals surface area contributed by atoms with Crippen LogP contribution in [0.5, 0.6) is 11.5 Å². The van der Waals surface area contributed by atoms with E-state index in [-0.39, 0.29) is 6.61 Å². The smallest absolute Gasteiger partial charge is 0.276 e. The first-order valence-corrected chi connectivity index (χ1v) is 8.57. The minimum atomic E-state index is -0.480. The number of nitrogens with one attached hydrogen (secondary N) is 2. The van der Waals surface area contributed by atoms with Gasteiger partial charge in [0.25, 0.3) is 11.8 Å². The number of halogens is 1. The molecular formula is C20H21ClN2O4. The molecule has 2 aromatic rings. The lowest BCUT2D eigenvalue weighted by Crippen LogP contribution is -2.43. The van der Waals surface area contributed by atoms with E-state index in [4.69, 9.17) is 21.1 Å². The second-order valence-electron chi connectivity index (χ2n) is 5.80. The molecule has 0 saturated heterocycles. The summed E-state index contributed by atoms with van der Waals surface area (Å²) in [5, 5.41) is 0.669. The summed E-state index contributed by atoms with van der Waals surface area (Å²) >= 11 is 6.09. The Morgan fingerprint density at radius 1 is 1.04 bits per heavy atom. The molecule has 27 heavy (non-hydrogen) atoms. The minimum Gasteiger partial charge on any atom is -0.497 e. The predicted molar refractivity (Wildman–Crippen MR) is 105 cm³/mol. The zero-order valence-corrected chi connectivity index (χ0v) is 16.1. The summed E-state index contributed by atoms with van der Waals surface area (Å²) in [6, 6.07) is 10.7. The second-order valence-corrected chi connectivity index (χ2v) is 6.18. The van der Waals surface area contributed by atoms with Crippen molar-refractivity contribution in [3.63, 3.8) is 0 Å². The zero-order valence-electron chi connectivity index (χ0n) is 15.3. The van der Waals surface area contributed by atoms with Crippen LogP contribution in [0.15, 0.2) is 42.5 Å². The van der Waals surface area contributed by atoms with Crippen molar-refractivity contribution >= 4 is 29.5 Å². The highest BCUT2D eigenvalue weighted by atomic mass is 35.5. The van der Waals surface area contributed by atoms with Gasteiger partial charge in [-0.3, -0.25) is 20.4 Å². The van der Waals surface area contributed by atoms with Crippen LogP contribution in [0, 0.1) is 13.8 Å². The van der Waals surface area contributed by atoms with E-state index < -0.39 is 11.8 Å². The maximum absolute atomic E-state index is 11.8. The number of aryl methyl sites for hydroxylation is 2. The van der Waals surface area contributed by atoms with E-state index in [0.29, 0.717) is 10.8 Å². The lowest BCUT2D eigenvalue weighted by molar-refractivity contribution is -0.128. The summed E-state index contributed by atoms with van der Waals surface area (Å²) < 4.78 is 10.5. The Morgan fingerprint density at radius 2 is 1.67 bits per heavy atom.